The summed E-state index contributed by atoms with van der Waals surface area (Å²) >= 11 is 1.67. The highest BCUT2D eigenvalue weighted by Gasteiger charge is 2.24. The standard InChI is InChI=1S/C15H16N6OS/c1-19-10-11(8-17-19)14(22)20-4-6-21(7-5-20)15-18-12-9-16-3-2-13(12)23-15/h2-3,8-10H,4-7H2,1H3. The highest BCUT2D eigenvalue weighted by molar-refractivity contribution is 7.22. The lowest BCUT2D eigenvalue weighted by Gasteiger charge is -2.34. The SMILES string of the molecule is Cn1cc(C(=O)N2CCN(c3nc4cnccc4s3)CC2)cn1. The second-order valence-electron chi connectivity index (χ2n) is 5.52. The minimum Gasteiger partial charge on any atom is -0.345 e. The molecule has 0 aliphatic carbocycles. The van der Waals surface area contributed by atoms with Gasteiger partial charge in [-0.05, 0) is 6.07 Å². The molecule has 8 heteroatoms. The summed E-state index contributed by atoms with van der Waals surface area (Å²) in [6.07, 6.45) is 6.96. The maximum Gasteiger partial charge on any atom is 0.257 e. The predicted octanol–water partition coefficient (Wildman–Crippen LogP) is 1.39. The van der Waals surface area contributed by atoms with E-state index in [4.69, 9.17) is 0 Å². The van der Waals surface area contributed by atoms with E-state index in [2.05, 4.69) is 20.0 Å². The number of carbonyl (C=O) groups is 1. The summed E-state index contributed by atoms with van der Waals surface area (Å²) < 4.78 is 2.79. The predicted molar refractivity (Wildman–Crippen MR) is 88.7 cm³/mol. The van der Waals surface area contributed by atoms with Crippen LogP contribution in [0.4, 0.5) is 5.13 Å². The van der Waals surface area contributed by atoms with Crippen molar-refractivity contribution in [1.29, 1.82) is 0 Å². The van der Waals surface area contributed by atoms with Crippen molar-refractivity contribution in [2.75, 3.05) is 31.1 Å². The summed E-state index contributed by atoms with van der Waals surface area (Å²) in [7, 11) is 1.82. The molecule has 0 bridgehead atoms. The average molecular weight is 328 g/mol. The molecule has 1 saturated heterocycles. The molecule has 0 spiro atoms. The topological polar surface area (TPSA) is 67.2 Å². The van der Waals surface area contributed by atoms with Gasteiger partial charge in [-0.1, -0.05) is 11.3 Å². The molecule has 0 atom stereocenters. The molecule has 4 rings (SSSR count). The van der Waals surface area contributed by atoms with Crippen LogP contribution in [0.25, 0.3) is 10.2 Å². The molecule has 118 valence electrons. The molecule has 0 radical (unpaired) electrons. The van der Waals surface area contributed by atoms with E-state index in [-0.39, 0.29) is 5.91 Å². The molecular weight excluding hydrogens is 312 g/mol. The van der Waals surface area contributed by atoms with Crippen LogP contribution >= 0.6 is 11.3 Å². The van der Waals surface area contributed by atoms with Crippen LogP contribution in [0.15, 0.2) is 30.9 Å². The van der Waals surface area contributed by atoms with Crippen LogP contribution in [0.5, 0.6) is 0 Å². The number of thiazole rings is 1. The average Bonchev–Trinajstić information content (AvgIpc) is 3.20. The first-order chi connectivity index (χ1) is 11.2. The lowest BCUT2D eigenvalue weighted by atomic mass is 10.2. The van der Waals surface area contributed by atoms with Gasteiger partial charge in [-0.25, -0.2) is 4.98 Å². The lowest BCUT2D eigenvalue weighted by Crippen LogP contribution is -2.48. The first-order valence-corrected chi connectivity index (χ1v) is 8.26. The van der Waals surface area contributed by atoms with Gasteiger partial charge in [0, 0.05) is 45.6 Å². The van der Waals surface area contributed by atoms with Crippen molar-refractivity contribution in [3.63, 3.8) is 0 Å². The second-order valence-corrected chi connectivity index (χ2v) is 6.53. The summed E-state index contributed by atoms with van der Waals surface area (Å²) in [6.45, 7) is 2.97. The summed E-state index contributed by atoms with van der Waals surface area (Å²) in [4.78, 5) is 25.3. The zero-order valence-corrected chi connectivity index (χ0v) is 13.5. The molecular formula is C15H16N6OS. The summed E-state index contributed by atoms with van der Waals surface area (Å²) in [5, 5.41) is 5.07. The number of piperazine rings is 1. The number of hydrogen-bond acceptors (Lipinski definition) is 6. The van der Waals surface area contributed by atoms with Crippen LogP contribution < -0.4 is 4.90 Å². The fourth-order valence-corrected chi connectivity index (χ4v) is 3.70. The van der Waals surface area contributed by atoms with Crippen LogP contribution in [0.1, 0.15) is 10.4 Å². The van der Waals surface area contributed by atoms with Gasteiger partial charge in [0.15, 0.2) is 5.13 Å². The number of rotatable bonds is 2. The van der Waals surface area contributed by atoms with Crippen LogP contribution in [-0.4, -0.2) is 56.7 Å². The number of fused-ring (bicyclic) bond motifs is 1. The number of hydrogen-bond donors (Lipinski definition) is 0. The van der Waals surface area contributed by atoms with Crippen LogP contribution in [0.3, 0.4) is 0 Å². The first-order valence-electron chi connectivity index (χ1n) is 7.44. The van der Waals surface area contributed by atoms with E-state index in [1.165, 1.54) is 0 Å². The Morgan fingerprint density at radius 3 is 2.74 bits per heavy atom. The maximum atomic E-state index is 12.4. The first kappa shape index (κ1) is 14.1. The van der Waals surface area contributed by atoms with Crippen LogP contribution in [0, 0.1) is 0 Å². The van der Waals surface area contributed by atoms with Gasteiger partial charge in [0.05, 0.1) is 22.7 Å². The van der Waals surface area contributed by atoms with Crippen molar-refractivity contribution in [3.8, 4) is 0 Å². The molecule has 1 aliphatic heterocycles. The van der Waals surface area contributed by atoms with Crippen LogP contribution in [0.2, 0.25) is 0 Å². The van der Waals surface area contributed by atoms with E-state index in [0.29, 0.717) is 18.7 Å². The van der Waals surface area contributed by atoms with Crippen molar-refractivity contribution in [2.45, 2.75) is 0 Å². The second kappa shape index (κ2) is 5.62. The highest BCUT2D eigenvalue weighted by atomic mass is 32.1. The van der Waals surface area contributed by atoms with E-state index in [0.717, 1.165) is 28.4 Å². The fraction of sp³-hybridized carbons (Fsp3) is 0.333. The zero-order valence-electron chi connectivity index (χ0n) is 12.7. The molecule has 0 unspecified atom stereocenters. The molecule has 7 nitrogen and oxygen atoms in total. The Balaban J connectivity index is 1.45. The van der Waals surface area contributed by atoms with E-state index >= 15 is 0 Å². The van der Waals surface area contributed by atoms with Gasteiger partial charge < -0.3 is 9.80 Å². The quantitative estimate of drug-likeness (QED) is 0.711. The number of aromatic nitrogens is 4. The largest absolute Gasteiger partial charge is 0.345 e. The summed E-state index contributed by atoms with van der Waals surface area (Å²) in [6, 6.07) is 1.98. The van der Waals surface area contributed by atoms with Crippen molar-refractivity contribution in [3.05, 3.63) is 36.4 Å². The number of anilines is 1. The number of aryl methyl sites for hydroxylation is 1. The van der Waals surface area contributed by atoms with Crippen LogP contribution in [-0.2, 0) is 7.05 Å². The Labute approximate surface area is 137 Å². The van der Waals surface area contributed by atoms with Gasteiger partial charge in [0.25, 0.3) is 5.91 Å². The molecule has 0 N–H and O–H groups in total. The van der Waals surface area contributed by atoms with Crippen molar-refractivity contribution in [2.24, 2.45) is 7.05 Å². The number of amides is 1. The molecule has 23 heavy (non-hydrogen) atoms. The molecule has 0 saturated carbocycles. The third-order valence-electron chi connectivity index (χ3n) is 3.97. The molecule has 3 aromatic rings. The molecule has 1 aliphatic rings. The number of nitrogens with zero attached hydrogens (tertiary/aromatic N) is 6. The normalized spacial score (nSPS) is 15.3. The van der Waals surface area contributed by atoms with E-state index in [1.807, 2.05) is 18.0 Å². The number of pyridine rings is 1. The fourth-order valence-electron chi connectivity index (χ4n) is 2.72. The van der Waals surface area contributed by atoms with E-state index < -0.39 is 0 Å². The van der Waals surface area contributed by atoms with Gasteiger partial charge in [-0.2, -0.15) is 5.10 Å². The van der Waals surface area contributed by atoms with E-state index in [1.54, 1.807) is 40.8 Å². The highest BCUT2D eigenvalue weighted by Crippen LogP contribution is 2.28. The zero-order chi connectivity index (χ0) is 15.8. The van der Waals surface area contributed by atoms with Crippen molar-refractivity contribution >= 4 is 32.6 Å². The Bertz CT molecular complexity index is 815. The summed E-state index contributed by atoms with van der Waals surface area (Å²) in [5.41, 5.74) is 1.58. The van der Waals surface area contributed by atoms with E-state index in [9.17, 15) is 4.79 Å². The van der Waals surface area contributed by atoms with Crippen molar-refractivity contribution < 1.29 is 4.79 Å². The maximum absolute atomic E-state index is 12.4. The smallest absolute Gasteiger partial charge is 0.257 e. The summed E-state index contributed by atoms with van der Waals surface area (Å²) in [5.74, 6) is 0.0475. The molecule has 1 fully saturated rings. The monoisotopic (exact) mass is 328 g/mol. The van der Waals surface area contributed by atoms with Gasteiger partial charge in [-0.3, -0.25) is 14.5 Å². The Kier molecular flexibility index (Phi) is 3.45. The minimum atomic E-state index is 0.0475. The van der Waals surface area contributed by atoms with Gasteiger partial charge in [0.1, 0.15) is 5.52 Å². The third-order valence-corrected chi connectivity index (χ3v) is 5.07. The van der Waals surface area contributed by atoms with Gasteiger partial charge in [-0.15, -0.1) is 0 Å². The van der Waals surface area contributed by atoms with Gasteiger partial charge >= 0.3 is 0 Å². The minimum absolute atomic E-state index is 0.0475. The molecule has 1 amide bonds. The third kappa shape index (κ3) is 2.65. The molecule has 0 aromatic carbocycles. The lowest BCUT2D eigenvalue weighted by molar-refractivity contribution is 0.0746. The Morgan fingerprint density at radius 2 is 2.04 bits per heavy atom. The molecule has 3 aromatic heterocycles. The Morgan fingerprint density at radius 1 is 1.22 bits per heavy atom. The van der Waals surface area contributed by atoms with Gasteiger partial charge in [0.2, 0.25) is 0 Å². The van der Waals surface area contributed by atoms with Crippen molar-refractivity contribution in [1.82, 2.24) is 24.6 Å². The Hall–Kier alpha value is -2.48. The number of carbonyl (C=O) groups excluding carboxylic acids is 1. The molecule has 4 heterocycles.